The Hall–Kier alpha value is -1.19. The third-order valence-corrected chi connectivity index (χ3v) is 3.68. The summed E-state index contributed by atoms with van der Waals surface area (Å²) in [6.07, 6.45) is 0. The molecule has 2 aromatic rings. The molecule has 0 amide bonds. The second-order valence-electron chi connectivity index (χ2n) is 3.78. The molecular weight excluding hydrogens is 261 g/mol. The number of halogens is 2. The molecule has 90 valence electrons. The Morgan fingerprint density at radius 1 is 1.41 bits per heavy atom. The van der Waals surface area contributed by atoms with Gasteiger partial charge in [-0.25, -0.2) is 4.79 Å². The van der Waals surface area contributed by atoms with E-state index in [9.17, 15) is 9.90 Å². The highest BCUT2D eigenvalue weighted by molar-refractivity contribution is 6.36. The van der Waals surface area contributed by atoms with Gasteiger partial charge in [0.1, 0.15) is 10.7 Å². The van der Waals surface area contributed by atoms with Gasteiger partial charge in [-0.1, -0.05) is 29.3 Å². The van der Waals surface area contributed by atoms with Crippen LogP contribution in [-0.2, 0) is 6.54 Å². The summed E-state index contributed by atoms with van der Waals surface area (Å²) in [6.45, 7) is 4.37. The maximum absolute atomic E-state index is 11.2. The summed E-state index contributed by atoms with van der Waals surface area (Å²) in [5.41, 5.74) is 1.78. The highest BCUT2D eigenvalue weighted by Gasteiger charge is 2.21. The fourth-order valence-corrected chi connectivity index (χ4v) is 2.61. The molecule has 0 bridgehead atoms. The standard InChI is InChI=1S/C12H11Cl2NO2/c1-3-15-10-6(2)8(13)5-4-7(10)9(11(15)14)12(16)17/h4-5H,3H2,1-2H3,(H,16,17). The van der Waals surface area contributed by atoms with Crippen LogP contribution in [0.25, 0.3) is 10.9 Å². The predicted molar refractivity (Wildman–Crippen MR) is 69.3 cm³/mol. The Labute approximate surface area is 109 Å². The van der Waals surface area contributed by atoms with Crippen LogP contribution >= 0.6 is 23.2 Å². The number of aromatic nitrogens is 1. The van der Waals surface area contributed by atoms with E-state index in [1.165, 1.54) is 0 Å². The minimum Gasteiger partial charge on any atom is -0.478 e. The van der Waals surface area contributed by atoms with Crippen LogP contribution in [0.1, 0.15) is 22.8 Å². The molecule has 0 saturated carbocycles. The van der Waals surface area contributed by atoms with Gasteiger partial charge in [-0.3, -0.25) is 0 Å². The van der Waals surface area contributed by atoms with Crippen molar-refractivity contribution in [3.63, 3.8) is 0 Å². The Morgan fingerprint density at radius 2 is 2.06 bits per heavy atom. The predicted octanol–water partition coefficient (Wildman–Crippen LogP) is 3.97. The molecule has 0 radical (unpaired) electrons. The molecule has 17 heavy (non-hydrogen) atoms. The summed E-state index contributed by atoms with van der Waals surface area (Å²) in [4.78, 5) is 11.2. The summed E-state index contributed by atoms with van der Waals surface area (Å²) >= 11 is 12.2. The summed E-state index contributed by atoms with van der Waals surface area (Å²) in [6, 6.07) is 3.40. The van der Waals surface area contributed by atoms with E-state index in [-0.39, 0.29) is 10.7 Å². The van der Waals surface area contributed by atoms with E-state index in [1.54, 1.807) is 16.7 Å². The minimum atomic E-state index is -1.02. The zero-order valence-corrected chi connectivity index (χ0v) is 10.9. The molecule has 0 fully saturated rings. The molecule has 3 nitrogen and oxygen atoms in total. The third-order valence-electron chi connectivity index (χ3n) is 2.88. The van der Waals surface area contributed by atoms with Crippen molar-refractivity contribution in [3.05, 3.63) is 33.4 Å². The topological polar surface area (TPSA) is 42.2 Å². The molecule has 1 aromatic carbocycles. The molecule has 0 atom stereocenters. The van der Waals surface area contributed by atoms with Crippen LogP contribution in [0.15, 0.2) is 12.1 Å². The highest BCUT2D eigenvalue weighted by Crippen LogP contribution is 2.34. The number of hydrogen-bond acceptors (Lipinski definition) is 1. The van der Waals surface area contributed by atoms with Crippen LogP contribution < -0.4 is 0 Å². The van der Waals surface area contributed by atoms with Crippen LogP contribution in [-0.4, -0.2) is 15.6 Å². The fraction of sp³-hybridized carbons (Fsp3) is 0.250. The van der Waals surface area contributed by atoms with Crippen molar-refractivity contribution >= 4 is 40.1 Å². The van der Waals surface area contributed by atoms with Crippen LogP contribution in [0.5, 0.6) is 0 Å². The molecule has 0 spiro atoms. The molecule has 0 unspecified atom stereocenters. The Kier molecular flexibility index (Phi) is 3.06. The number of carboxylic acids is 1. The summed E-state index contributed by atoms with van der Waals surface area (Å²) in [7, 11) is 0. The average Bonchev–Trinajstić information content (AvgIpc) is 2.56. The van der Waals surface area contributed by atoms with Crippen LogP contribution in [0, 0.1) is 6.92 Å². The van der Waals surface area contributed by atoms with E-state index >= 15 is 0 Å². The number of aromatic carboxylic acids is 1. The lowest BCUT2D eigenvalue weighted by Crippen LogP contribution is -1.98. The molecule has 5 heteroatoms. The minimum absolute atomic E-state index is 0.142. The van der Waals surface area contributed by atoms with Crippen LogP contribution in [0.3, 0.4) is 0 Å². The van der Waals surface area contributed by atoms with Gasteiger partial charge in [-0.15, -0.1) is 0 Å². The van der Waals surface area contributed by atoms with Gasteiger partial charge in [0.25, 0.3) is 0 Å². The first kappa shape index (κ1) is 12.3. The van der Waals surface area contributed by atoms with Gasteiger partial charge in [-0.2, -0.15) is 0 Å². The van der Waals surface area contributed by atoms with Gasteiger partial charge in [0, 0.05) is 17.0 Å². The van der Waals surface area contributed by atoms with Crippen LogP contribution in [0.2, 0.25) is 10.2 Å². The Balaban J connectivity index is 3.00. The van der Waals surface area contributed by atoms with Crippen molar-refractivity contribution in [2.24, 2.45) is 0 Å². The number of nitrogens with zero attached hydrogens (tertiary/aromatic N) is 1. The summed E-state index contributed by atoms with van der Waals surface area (Å²) < 4.78 is 1.77. The molecular formula is C12H11Cl2NO2. The van der Waals surface area contributed by atoms with E-state index in [1.807, 2.05) is 13.8 Å². The van der Waals surface area contributed by atoms with Gasteiger partial charge >= 0.3 is 5.97 Å². The van der Waals surface area contributed by atoms with Crippen molar-refractivity contribution in [2.75, 3.05) is 0 Å². The van der Waals surface area contributed by atoms with Crippen molar-refractivity contribution in [1.82, 2.24) is 4.57 Å². The zero-order valence-electron chi connectivity index (χ0n) is 9.42. The lowest BCUT2D eigenvalue weighted by Gasteiger charge is -2.06. The van der Waals surface area contributed by atoms with Gasteiger partial charge in [0.05, 0.1) is 5.52 Å². The van der Waals surface area contributed by atoms with Gasteiger partial charge in [-0.05, 0) is 25.5 Å². The first-order chi connectivity index (χ1) is 7.99. The molecule has 1 N–H and O–H groups in total. The number of carboxylic acid groups (broad SMARTS) is 1. The summed E-state index contributed by atoms with van der Waals surface area (Å²) in [5, 5.41) is 10.7. The lowest BCUT2D eigenvalue weighted by atomic mass is 10.1. The van der Waals surface area contributed by atoms with Gasteiger partial charge in [0.15, 0.2) is 0 Å². The highest BCUT2D eigenvalue weighted by atomic mass is 35.5. The number of benzene rings is 1. The number of hydrogen-bond donors (Lipinski definition) is 1. The molecule has 1 heterocycles. The van der Waals surface area contributed by atoms with Gasteiger partial charge in [0.2, 0.25) is 0 Å². The van der Waals surface area contributed by atoms with Crippen molar-refractivity contribution < 1.29 is 9.90 Å². The van der Waals surface area contributed by atoms with E-state index in [2.05, 4.69) is 0 Å². The molecule has 0 aliphatic rings. The molecule has 0 aliphatic heterocycles. The molecule has 1 aromatic heterocycles. The van der Waals surface area contributed by atoms with Crippen LogP contribution in [0.4, 0.5) is 0 Å². The van der Waals surface area contributed by atoms with E-state index < -0.39 is 5.97 Å². The molecule has 0 aliphatic carbocycles. The largest absolute Gasteiger partial charge is 0.478 e. The average molecular weight is 272 g/mol. The Morgan fingerprint density at radius 3 is 2.59 bits per heavy atom. The van der Waals surface area contributed by atoms with Crippen molar-refractivity contribution in [3.8, 4) is 0 Å². The monoisotopic (exact) mass is 271 g/mol. The number of carbonyl (C=O) groups is 1. The first-order valence-electron chi connectivity index (χ1n) is 5.19. The van der Waals surface area contributed by atoms with Gasteiger partial charge < -0.3 is 9.67 Å². The number of rotatable bonds is 2. The zero-order chi connectivity index (χ0) is 12.7. The first-order valence-corrected chi connectivity index (χ1v) is 5.94. The third kappa shape index (κ3) is 1.70. The maximum Gasteiger partial charge on any atom is 0.339 e. The number of aryl methyl sites for hydroxylation is 2. The smallest absolute Gasteiger partial charge is 0.339 e. The number of fused-ring (bicyclic) bond motifs is 1. The van der Waals surface area contributed by atoms with E-state index in [0.29, 0.717) is 17.0 Å². The maximum atomic E-state index is 11.2. The Bertz CT molecular complexity index is 617. The molecule has 2 rings (SSSR count). The van der Waals surface area contributed by atoms with E-state index in [0.717, 1.165) is 11.1 Å². The fourth-order valence-electron chi connectivity index (χ4n) is 2.07. The van der Waals surface area contributed by atoms with Crippen molar-refractivity contribution in [2.45, 2.75) is 20.4 Å². The second kappa shape index (κ2) is 4.24. The normalized spacial score (nSPS) is 11.1. The lowest BCUT2D eigenvalue weighted by molar-refractivity contribution is 0.0699. The summed E-state index contributed by atoms with van der Waals surface area (Å²) in [5.74, 6) is -1.02. The van der Waals surface area contributed by atoms with E-state index in [4.69, 9.17) is 23.2 Å². The SMILES string of the molecule is CCn1c(Cl)c(C(=O)O)c2ccc(Cl)c(C)c21. The quantitative estimate of drug-likeness (QED) is 0.898. The second-order valence-corrected chi connectivity index (χ2v) is 4.55. The molecule has 0 saturated heterocycles. The van der Waals surface area contributed by atoms with Crippen molar-refractivity contribution in [1.29, 1.82) is 0 Å².